The molecule has 0 saturated heterocycles. The minimum absolute atomic E-state index is 0.161. The van der Waals surface area contributed by atoms with Crippen LogP contribution in [0.25, 0.3) is 56.0 Å². The molecule has 0 amide bonds. The Morgan fingerprint density at radius 1 is 0.511 bits per heavy atom. The highest BCUT2D eigenvalue weighted by Crippen LogP contribution is 2.49. The molecule has 211 valence electrons. The zero-order chi connectivity index (χ0) is 29.7. The smallest absolute Gasteiger partial charge is 0.229 e. The average molecular weight is 593 g/mol. The van der Waals surface area contributed by atoms with Crippen LogP contribution < -0.4 is 10.4 Å². The summed E-state index contributed by atoms with van der Waals surface area (Å²) >= 11 is 0. The highest BCUT2D eigenvalue weighted by Gasteiger charge is 2.39. The average Bonchev–Trinajstić information content (AvgIpc) is 3.69. The second-order valence-corrected chi connectivity index (χ2v) is 13.9. The summed E-state index contributed by atoms with van der Waals surface area (Å²) in [6.07, 6.45) is 1.80. The predicted octanol–water partition coefficient (Wildman–Crippen LogP) is 8.07. The van der Waals surface area contributed by atoms with Crippen molar-refractivity contribution in [3.8, 4) is 34.0 Å². The van der Waals surface area contributed by atoms with Gasteiger partial charge in [0.05, 0.1) is 22.5 Å². The minimum Gasteiger partial charge on any atom is -0.436 e. The van der Waals surface area contributed by atoms with Crippen LogP contribution in [0.15, 0.2) is 156 Å². The highest BCUT2D eigenvalue weighted by atomic mass is 28.3. The van der Waals surface area contributed by atoms with E-state index in [0.29, 0.717) is 5.89 Å². The van der Waals surface area contributed by atoms with E-state index in [4.69, 9.17) is 14.4 Å². The van der Waals surface area contributed by atoms with Gasteiger partial charge in [-0.3, -0.25) is 4.98 Å². The van der Waals surface area contributed by atoms with E-state index in [0.717, 1.165) is 39.0 Å². The molecule has 8 aromatic rings. The van der Waals surface area contributed by atoms with E-state index in [-0.39, 0.29) is 5.54 Å². The van der Waals surface area contributed by atoms with Gasteiger partial charge < -0.3 is 4.42 Å². The second-order valence-electron chi connectivity index (χ2n) is 11.3. The van der Waals surface area contributed by atoms with Gasteiger partial charge in [-0.05, 0) is 52.6 Å². The van der Waals surface area contributed by atoms with Crippen molar-refractivity contribution in [2.24, 2.45) is 0 Å². The Morgan fingerprint density at radius 3 is 2.02 bits per heavy atom. The van der Waals surface area contributed by atoms with E-state index in [1.165, 1.54) is 32.6 Å². The predicted molar refractivity (Wildman–Crippen MR) is 183 cm³/mol. The summed E-state index contributed by atoms with van der Waals surface area (Å²) in [6.45, 7) is 0. The van der Waals surface area contributed by atoms with Crippen LogP contribution in [0.4, 0.5) is 0 Å². The molecule has 45 heavy (non-hydrogen) atoms. The van der Waals surface area contributed by atoms with Gasteiger partial charge in [0.25, 0.3) is 0 Å². The lowest BCUT2D eigenvalue weighted by molar-refractivity contribution is 0.620. The zero-order valence-electron chi connectivity index (χ0n) is 24.3. The van der Waals surface area contributed by atoms with Crippen LogP contribution in [0.1, 0.15) is 16.7 Å². The van der Waals surface area contributed by atoms with Crippen molar-refractivity contribution in [2.45, 2.75) is 5.54 Å². The third kappa shape index (κ3) is 4.24. The molecule has 0 fully saturated rings. The number of para-hydroxylation sites is 1. The topological polar surface area (TPSA) is 51.8 Å². The minimum atomic E-state index is -1.32. The number of nitrogens with zero attached hydrogens (tertiary/aromatic N) is 3. The van der Waals surface area contributed by atoms with E-state index in [1.54, 1.807) is 6.20 Å². The van der Waals surface area contributed by atoms with Crippen molar-refractivity contribution in [3.05, 3.63) is 163 Å². The van der Waals surface area contributed by atoms with E-state index < -0.39 is 8.80 Å². The van der Waals surface area contributed by atoms with Crippen LogP contribution in [-0.2, 0) is 0 Å². The van der Waals surface area contributed by atoms with Crippen molar-refractivity contribution in [1.82, 2.24) is 15.0 Å². The number of aromatic nitrogens is 3. The SMILES string of the molecule is c1ccc([Si](c2ccccc2)C2c3ccccc3-c3ccc4oc(-c5cccc6ccc(-c7ccccn7)nc56)nc4c32)cc1. The molecule has 5 heteroatoms. The summed E-state index contributed by atoms with van der Waals surface area (Å²) in [5, 5.41) is 3.79. The quantitative estimate of drug-likeness (QED) is 0.190. The van der Waals surface area contributed by atoms with Gasteiger partial charge in [-0.1, -0.05) is 126 Å². The van der Waals surface area contributed by atoms with E-state index in [1.807, 2.05) is 30.3 Å². The Labute approximate surface area is 262 Å². The third-order valence-corrected chi connectivity index (χ3v) is 11.9. The number of rotatable bonds is 5. The summed E-state index contributed by atoms with van der Waals surface area (Å²) in [4.78, 5) is 14.9. The molecule has 1 atom stereocenters. The maximum atomic E-state index is 6.62. The molecule has 3 heterocycles. The number of pyridine rings is 2. The van der Waals surface area contributed by atoms with Gasteiger partial charge in [-0.25, -0.2) is 9.97 Å². The monoisotopic (exact) mass is 592 g/mol. The third-order valence-electron chi connectivity index (χ3n) is 8.79. The Hall–Kier alpha value is -5.65. The van der Waals surface area contributed by atoms with Crippen LogP contribution in [0.5, 0.6) is 0 Å². The summed E-state index contributed by atoms with van der Waals surface area (Å²) in [7, 11) is -1.32. The molecule has 0 spiro atoms. The number of hydrogen-bond acceptors (Lipinski definition) is 4. The van der Waals surface area contributed by atoms with Gasteiger partial charge in [0, 0.05) is 17.1 Å². The molecule has 4 nitrogen and oxygen atoms in total. The zero-order valence-corrected chi connectivity index (χ0v) is 25.3. The molecule has 5 aromatic carbocycles. The van der Waals surface area contributed by atoms with Gasteiger partial charge in [0.15, 0.2) is 5.58 Å². The maximum Gasteiger partial charge on any atom is 0.229 e. The molecule has 0 aliphatic heterocycles. The molecule has 0 saturated carbocycles. The van der Waals surface area contributed by atoms with E-state index in [9.17, 15) is 0 Å². The molecule has 1 aliphatic rings. The molecule has 0 bridgehead atoms. The highest BCUT2D eigenvalue weighted by molar-refractivity contribution is 6.87. The van der Waals surface area contributed by atoms with Crippen LogP contribution >= 0.6 is 0 Å². The number of oxazole rings is 1. The lowest BCUT2D eigenvalue weighted by Gasteiger charge is -2.25. The van der Waals surface area contributed by atoms with Crippen molar-refractivity contribution in [2.75, 3.05) is 0 Å². The summed E-state index contributed by atoms with van der Waals surface area (Å²) in [6, 6.07) is 51.3. The number of benzene rings is 5. The van der Waals surface area contributed by atoms with Crippen molar-refractivity contribution < 1.29 is 4.42 Å². The first-order chi connectivity index (χ1) is 22.3. The summed E-state index contributed by atoms with van der Waals surface area (Å²) in [5.74, 6) is 0.581. The molecule has 1 aliphatic carbocycles. The summed E-state index contributed by atoms with van der Waals surface area (Å²) in [5.41, 5.74) is 10.4. The first-order valence-electron chi connectivity index (χ1n) is 15.2. The molecule has 1 unspecified atom stereocenters. The standard InChI is InChI=1S/C40H26N3OSi/c1-3-13-27(14-4-1)45(28-15-5-2-6-16-28)39-31-18-8-7-17-29(31)30-22-24-35-38(36(30)39)43-40(44-35)32-19-11-12-26-21-23-34(42-37(26)32)33-20-9-10-25-41-33/h1-25,39H. The van der Waals surface area contributed by atoms with Crippen molar-refractivity contribution in [3.63, 3.8) is 0 Å². The molecule has 9 rings (SSSR count). The van der Waals surface area contributed by atoms with Crippen molar-refractivity contribution >= 4 is 41.2 Å². The fourth-order valence-electron chi connectivity index (χ4n) is 6.82. The normalized spacial score (nSPS) is 13.8. The van der Waals surface area contributed by atoms with Gasteiger partial charge >= 0.3 is 0 Å². The van der Waals surface area contributed by atoms with E-state index in [2.05, 4.69) is 120 Å². The number of hydrogen-bond donors (Lipinski definition) is 0. The molecule has 0 N–H and O–H groups in total. The molecule has 3 aromatic heterocycles. The lowest BCUT2D eigenvalue weighted by atomic mass is 10.1. The lowest BCUT2D eigenvalue weighted by Crippen LogP contribution is -2.47. The number of fused-ring (bicyclic) bond motifs is 6. The van der Waals surface area contributed by atoms with Crippen LogP contribution in [0.3, 0.4) is 0 Å². The largest absolute Gasteiger partial charge is 0.436 e. The molecular formula is C40H26N3OSi. The van der Waals surface area contributed by atoms with Crippen LogP contribution in [0.2, 0.25) is 0 Å². The Bertz CT molecular complexity index is 2300. The molecule has 1 radical (unpaired) electrons. The van der Waals surface area contributed by atoms with Crippen LogP contribution in [-0.4, -0.2) is 23.7 Å². The van der Waals surface area contributed by atoms with Gasteiger partial charge in [0.1, 0.15) is 14.3 Å². The Morgan fingerprint density at radius 2 is 1.24 bits per heavy atom. The fourth-order valence-corrected chi connectivity index (χ4v) is 10.1. The Balaban J connectivity index is 1.27. The van der Waals surface area contributed by atoms with Crippen molar-refractivity contribution in [1.29, 1.82) is 0 Å². The Kier molecular flexibility index (Phi) is 6.03. The first kappa shape index (κ1) is 25.8. The van der Waals surface area contributed by atoms with Gasteiger partial charge in [-0.2, -0.15) is 0 Å². The molecular weight excluding hydrogens is 567 g/mol. The fraction of sp³-hybridized carbons (Fsp3) is 0.0250. The van der Waals surface area contributed by atoms with Crippen LogP contribution in [0, 0.1) is 0 Å². The first-order valence-corrected chi connectivity index (χ1v) is 16.7. The van der Waals surface area contributed by atoms with Gasteiger partial charge in [-0.15, -0.1) is 0 Å². The second kappa shape index (κ2) is 10.5. The maximum absolute atomic E-state index is 6.62. The van der Waals surface area contributed by atoms with Gasteiger partial charge in [0.2, 0.25) is 5.89 Å². The summed E-state index contributed by atoms with van der Waals surface area (Å²) < 4.78 is 6.62. The van der Waals surface area contributed by atoms with E-state index >= 15 is 0 Å².